The van der Waals surface area contributed by atoms with Crippen LogP contribution < -0.4 is 5.73 Å². The first-order valence-corrected chi connectivity index (χ1v) is 15.5. The number of aliphatic hydroxyl groups is 10. The highest BCUT2D eigenvalue weighted by Crippen LogP contribution is 2.17. The van der Waals surface area contributed by atoms with Gasteiger partial charge in [-0.25, -0.2) is 0 Å². The Hall–Kier alpha value is -1.29. The molecule has 12 nitrogen and oxygen atoms in total. The quantitative estimate of drug-likeness (QED) is 0.0551. The first kappa shape index (κ1) is 41.7. The van der Waals surface area contributed by atoms with Gasteiger partial charge in [0, 0.05) is 25.2 Å². The van der Waals surface area contributed by atoms with Crippen LogP contribution in [0.5, 0.6) is 0 Å². The van der Waals surface area contributed by atoms with Gasteiger partial charge < -0.3 is 56.8 Å². The van der Waals surface area contributed by atoms with E-state index in [1.165, 1.54) is 18.2 Å². The molecule has 43 heavy (non-hydrogen) atoms. The van der Waals surface area contributed by atoms with Crippen LogP contribution in [0.4, 0.5) is 0 Å². The summed E-state index contributed by atoms with van der Waals surface area (Å²) in [6, 6.07) is 0. The van der Waals surface area contributed by atoms with Crippen molar-refractivity contribution in [1.29, 1.82) is 0 Å². The van der Waals surface area contributed by atoms with Crippen LogP contribution in [0.15, 0.2) is 24.3 Å². The second-order valence-electron chi connectivity index (χ2n) is 11.8. The Morgan fingerprint density at radius 2 is 1.05 bits per heavy atom. The molecule has 0 aromatic rings. The molecule has 12 heteroatoms. The molecule has 0 saturated heterocycles. The highest BCUT2D eigenvalue weighted by molar-refractivity contribution is 5.81. The van der Waals surface area contributed by atoms with E-state index in [4.69, 9.17) is 5.73 Å². The molecule has 11 unspecified atom stereocenters. The van der Waals surface area contributed by atoms with Gasteiger partial charge >= 0.3 is 0 Å². The third-order valence-corrected chi connectivity index (χ3v) is 7.42. The van der Waals surface area contributed by atoms with E-state index in [1.54, 1.807) is 19.9 Å². The van der Waals surface area contributed by atoms with Crippen LogP contribution >= 0.6 is 0 Å². The Morgan fingerprint density at radius 1 is 0.628 bits per heavy atom. The van der Waals surface area contributed by atoms with Gasteiger partial charge in [-0.2, -0.15) is 0 Å². The van der Waals surface area contributed by atoms with Crippen molar-refractivity contribution in [3.05, 3.63) is 24.3 Å². The van der Waals surface area contributed by atoms with Crippen molar-refractivity contribution >= 4 is 5.78 Å². The minimum Gasteiger partial charge on any atom is -0.393 e. The molecule has 0 aliphatic heterocycles. The van der Waals surface area contributed by atoms with Crippen LogP contribution in [0.2, 0.25) is 0 Å². The summed E-state index contributed by atoms with van der Waals surface area (Å²) in [5, 5.41) is 100. The van der Waals surface area contributed by atoms with E-state index in [0.717, 1.165) is 0 Å². The number of hydrogen-bond acceptors (Lipinski definition) is 12. The summed E-state index contributed by atoms with van der Waals surface area (Å²) in [5.41, 5.74) is 5.39. The predicted octanol–water partition coefficient (Wildman–Crippen LogP) is -0.427. The molecule has 0 saturated carbocycles. The maximum atomic E-state index is 12.1. The normalized spacial score (nSPS) is 20.3. The number of Topliss-reactive ketones (excluding diaryl/α,β-unsaturated/α-hetero) is 1. The lowest BCUT2D eigenvalue weighted by Gasteiger charge is -2.20. The predicted molar refractivity (Wildman–Crippen MR) is 163 cm³/mol. The summed E-state index contributed by atoms with van der Waals surface area (Å²) in [4.78, 5) is 12.1. The van der Waals surface area contributed by atoms with E-state index < -0.39 is 67.0 Å². The Labute approximate surface area is 256 Å². The summed E-state index contributed by atoms with van der Waals surface area (Å²) in [5.74, 6) is -0.915. The minimum atomic E-state index is -1.11. The summed E-state index contributed by atoms with van der Waals surface area (Å²) in [7, 11) is 0. The topological polar surface area (TPSA) is 245 Å². The number of aliphatic hydroxyl groups excluding tert-OH is 10. The summed E-state index contributed by atoms with van der Waals surface area (Å²) in [6.45, 7) is 3.81. The van der Waals surface area contributed by atoms with Gasteiger partial charge in [-0.05, 0) is 64.3 Å². The summed E-state index contributed by atoms with van der Waals surface area (Å²) in [6.07, 6.45) is -2.03. The van der Waals surface area contributed by atoms with Crippen molar-refractivity contribution in [2.75, 3.05) is 6.54 Å². The molecule has 11 atom stereocenters. The number of hydrogen-bond donors (Lipinski definition) is 11. The van der Waals surface area contributed by atoms with Gasteiger partial charge in [0.15, 0.2) is 0 Å². The second kappa shape index (κ2) is 24.0. The molecule has 0 aliphatic carbocycles. The van der Waals surface area contributed by atoms with E-state index in [0.29, 0.717) is 25.8 Å². The molecule has 0 spiro atoms. The molecule has 254 valence electrons. The average Bonchev–Trinajstić information content (AvgIpc) is 2.90. The van der Waals surface area contributed by atoms with Gasteiger partial charge in [-0.15, -0.1) is 0 Å². The maximum Gasteiger partial charge on any atom is 0.140 e. The van der Waals surface area contributed by atoms with E-state index in [-0.39, 0.29) is 63.6 Å². The van der Waals surface area contributed by atoms with Crippen molar-refractivity contribution < 1.29 is 55.9 Å². The monoisotopic (exact) mass is 621 g/mol. The Bertz CT molecular complexity index is 768. The molecule has 12 N–H and O–H groups in total. The second-order valence-corrected chi connectivity index (χ2v) is 11.8. The van der Waals surface area contributed by atoms with Crippen molar-refractivity contribution in [3.63, 3.8) is 0 Å². The van der Waals surface area contributed by atoms with Gasteiger partial charge in [0.2, 0.25) is 0 Å². The smallest absolute Gasteiger partial charge is 0.140 e. The molecule has 0 radical (unpaired) electrons. The zero-order valence-electron chi connectivity index (χ0n) is 25.8. The van der Waals surface area contributed by atoms with Crippen LogP contribution in [0.25, 0.3) is 0 Å². The Morgan fingerprint density at radius 3 is 1.51 bits per heavy atom. The first-order chi connectivity index (χ1) is 20.2. The lowest BCUT2D eigenvalue weighted by molar-refractivity contribution is -0.128. The van der Waals surface area contributed by atoms with E-state index in [2.05, 4.69) is 0 Å². The average molecular weight is 622 g/mol. The number of carbonyl (C=O) groups is 1. The van der Waals surface area contributed by atoms with Gasteiger partial charge in [-0.1, -0.05) is 38.2 Å². The van der Waals surface area contributed by atoms with E-state index >= 15 is 0 Å². The molecule has 0 bridgehead atoms. The number of rotatable bonds is 26. The molecule has 0 aliphatic rings. The number of nitrogens with two attached hydrogens (primary N) is 1. The number of carbonyl (C=O) groups excluding carboxylic acids is 1. The van der Waals surface area contributed by atoms with Crippen LogP contribution in [0.1, 0.15) is 90.9 Å². The Kier molecular flexibility index (Phi) is 23.3. The SMILES string of the molecule is CCC(O)C(C)C(=O)CC(O)CC(O)CC(O)C=CCC(O)CC(O)CC(O)CC(O)C=CCC(O)CC(O)CCCN. The highest BCUT2D eigenvalue weighted by atomic mass is 16.3. The van der Waals surface area contributed by atoms with Crippen LogP contribution in [0.3, 0.4) is 0 Å². The highest BCUT2D eigenvalue weighted by Gasteiger charge is 2.24. The molecule has 0 aromatic carbocycles. The third kappa shape index (κ3) is 22.0. The fourth-order valence-electron chi connectivity index (χ4n) is 4.78. The standard InChI is InChI=1S/C31H59NO11/c1-3-30(42)20(2)31(43)19-29(41)18-28(40)16-24(36)10-5-9-23(35)15-27(39)17-26(38)14-22(34)8-4-7-21(33)13-25(37)11-6-12-32/h4-5,8,10,20-30,33-42H,3,6-7,9,11-19,32H2,1-2H3. The molecule has 0 heterocycles. The van der Waals surface area contributed by atoms with Gasteiger partial charge in [0.05, 0.1) is 61.0 Å². The Balaban J connectivity index is 4.30. The van der Waals surface area contributed by atoms with Crippen LogP contribution in [-0.4, -0.2) is 124 Å². The summed E-state index contributed by atoms with van der Waals surface area (Å²) < 4.78 is 0. The van der Waals surface area contributed by atoms with E-state index in [9.17, 15) is 55.9 Å². The molecule has 0 aromatic heterocycles. The lowest BCUT2D eigenvalue weighted by Crippen LogP contribution is -2.30. The number of ketones is 1. The van der Waals surface area contributed by atoms with Gasteiger partial charge in [-0.3, -0.25) is 4.79 Å². The summed E-state index contributed by atoms with van der Waals surface area (Å²) >= 11 is 0. The molecule has 0 fully saturated rings. The molecule has 0 amide bonds. The van der Waals surface area contributed by atoms with Crippen LogP contribution in [0, 0.1) is 5.92 Å². The maximum absolute atomic E-state index is 12.1. The lowest BCUT2D eigenvalue weighted by atomic mass is 9.92. The van der Waals surface area contributed by atoms with E-state index in [1.807, 2.05) is 0 Å². The van der Waals surface area contributed by atoms with Crippen molar-refractivity contribution in [1.82, 2.24) is 0 Å². The van der Waals surface area contributed by atoms with Crippen molar-refractivity contribution in [2.45, 2.75) is 152 Å². The molecule has 0 rings (SSSR count). The molecular weight excluding hydrogens is 562 g/mol. The fourth-order valence-corrected chi connectivity index (χ4v) is 4.78. The van der Waals surface area contributed by atoms with Gasteiger partial charge in [0.1, 0.15) is 5.78 Å². The molecular formula is C31H59NO11. The zero-order valence-corrected chi connectivity index (χ0v) is 25.8. The van der Waals surface area contributed by atoms with Crippen molar-refractivity contribution in [3.8, 4) is 0 Å². The first-order valence-electron chi connectivity index (χ1n) is 15.5. The van der Waals surface area contributed by atoms with Crippen LogP contribution in [-0.2, 0) is 4.79 Å². The van der Waals surface area contributed by atoms with Gasteiger partial charge in [0.25, 0.3) is 0 Å². The fraction of sp³-hybridized carbons (Fsp3) is 0.839. The minimum absolute atomic E-state index is 0.0455. The van der Waals surface area contributed by atoms with Crippen molar-refractivity contribution in [2.24, 2.45) is 11.7 Å². The third-order valence-electron chi connectivity index (χ3n) is 7.42. The largest absolute Gasteiger partial charge is 0.393 e. The zero-order chi connectivity index (χ0) is 32.9.